The summed E-state index contributed by atoms with van der Waals surface area (Å²) >= 11 is 0. The highest BCUT2D eigenvalue weighted by atomic mass is 19.1. The van der Waals surface area contributed by atoms with Gasteiger partial charge in [0.1, 0.15) is 12.1 Å². The van der Waals surface area contributed by atoms with E-state index in [2.05, 4.69) is 21.6 Å². The molecular formula is C31H36FN7O5. The molecule has 2 aliphatic heterocycles. The third kappa shape index (κ3) is 6.19. The van der Waals surface area contributed by atoms with Crippen molar-refractivity contribution in [3.05, 3.63) is 72.2 Å². The first-order chi connectivity index (χ1) is 21.3. The highest BCUT2D eigenvalue weighted by Gasteiger charge is 2.34. The predicted octanol–water partition coefficient (Wildman–Crippen LogP) is 2.48. The lowest BCUT2D eigenvalue weighted by Crippen LogP contribution is -2.53. The average Bonchev–Trinajstić information content (AvgIpc) is 3.50. The van der Waals surface area contributed by atoms with Crippen LogP contribution in [-0.4, -0.2) is 98.4 Å². The minimum absolute atomic E-state index is 0.0937. The lowest BCUT2D eigenvalue weighted by molar-refractivity contribution is -0.140. The van der Waals surface area contributed by atoms with Crippen LogP contribution in [0.3, 0.4) is 0 Å². The molecule has 0 radical (unpaired) electrons. The van der Waals surface area contributed by atoms with Crippen molar-refractivity contribution in [1.82, 2.24) is 34.2 Å². The molecule has 1 amide bonds. The minimum Gasteiger partial charge on any atom is -0.493 e. The molecule has 0 bridgehead atoms. The molecule has 0 saturated carbocycles. The van der Waals surface area contributed by atoms with Crippen LogP contribution in [0.25, 0.3) is 16.8 Å². The Labute approximate surface area is 254 Å². The van der Waals surface area contributed by atoms with Crippen LogP contribution in [0.1, 0.15) is 23.1 Å². The first-order valence-electron chi connectivity index (χ1n) is 14.3. The molecule has 232 valence electrons. The van der Waals surface area contributed by atoms with Gasteiger partial charge in [-0.1, -0.05) is 6.58 Å². The van der Waals surface area contributed by atoms with Gasteiger partial charge >= 0.3 is 0 Å². The van der Waals surface area contributed by atoms with E-state index in [0.29, 0.717) is 48.6 Å². The van der Waals surface area contributed by atoms with Gasteiger partial charge in [-0.3, -0.25) is 19.3 Å². The molecule has 0 spiro atoms. The maximum Gasteiger partial charge on any atom is 0.228 e. The number of methoxy groups -OCH3 is 1. The van der Waals surface area contributed by atoms with Crippen molar-refractivity contribution in [3.8, 4) is 22.8 Å². The number of amides is 1. The number of carbonyl (C=O) groups is 2. The number of aliphatic hydroxyl groups is 1. The van der Waals surface area contributed by atoms with Crippen LogP contribution in [-0.2, 0) is 22.6 Å². The summed E-state index contributed by atoms with van der Waals surface area (Å²) in [7, 11) is 3.58. The number of pyridine rings is 2. The van der Waals surface area contributed by atoms with Crippen LogP contribution in [0.2, 0.25) is 0 Å². The zero-order valence-corrected chi connectivity index (χ0v) is 25.0. The van der Waals surface area contributed by atoms with Gasteiger partial charge in [-0.25, -0.2) is 8.91 Å². The van der Waals surface area contributed by atoms with Crippen LogP contribution >= 0.6 is 0 Å². The molecular weight excluding hydrogens is 569 g/mol. The molecule has 4 aromatic heterocycles. The third-order valence-electron chi connectivity index (χ3n) is 7.89. The van der Waals surface area contributed by atoms with E-state index >= 15 is 0 Å². The molecule has 44 heavy (non-hydrogen) atoms. The highest BCUT2D eigenvalue weighted by Crippen LogP contribution is 2.37. The molecule has 1 unspecified atom stereocenters. The van der Waals surface area contributed by atoms with E-state index in [1.807, 2.05) is 35.8 Å². The number of halogens is 1. The first-order valence-corrected chi connectivity index (χ1v) is 14.3. The SMILES string of the molecule is C=CC=O.COc1cnn2cc(-c3nn4c(c3C)CCN(C(=O)C3CN(C)C3)CC4)cc(OC(CO)c3ccc(F)cn3)c12. The molecule has 1 saturated heterocycles. The van der Waals surface area contributed by atoms with E-state index in [1.165, 1.54) is 18.2 Å². The summed E-state index contributed by atoms with van der Waals surface area (Å²) in [6, 6.07) is 4.61. The van der Waals surface area contributed by atoms with Gasteiger partial charge < -0.3 is 24.4 Å². The number of aromatic nitrogens is 5. The van der Waals surface area contributed by atoms with Gasteiger partial charge in [0.2, 0.25) is 5.91 Å². The quantitative estimate of drug-likeness (QED) is 0.238. The summed E-state index contributed by atoms with van der Waals surface area (Å²) < 4.78 is 28.9. The van der Waals surface area contributed by atoms with Crippen molar-refractivity contribution in [2.24, 2.45) is 5.92 Å². The number of hydrogen-bond donors (Lipinski definition) is 1. The lowest BCUT2D eigenvalue weighted by Gasteiger charge is -2.38. The fraction of sp³-hybridized carbons (Fsp3) is 0.387. The van der Waals surface area contributed by atoms with Crippen LogP contribution in [0.4, 0.5) is 4.39 Å². The standard InChI is InChI=1S/C28H32FN7O4.C3H4O/c1-17-22-6-7-34(28(38)19-13-33(2)14-19)8-9-35(22)32-26(17)18-10-23(27-24(39-3)12-31-36(27)15-18)40-25(16-37)21-5-4-20(29)11-30-21;1-2-3-4/h4-5,10-12,15,19,25,37H,6-9,13-14,16H2,1-3H3;2-3H,1H2. The molecule has 0 aromatic carbocycles. The van der Waals surface area contributed by atoms with Gasteiger partial charge in [0.05, 0.1) is 50.0 Å². The van der Waals surface area contributed by atoms with Gasteiger partial charge in [-0.05, 0) is 43.8 Å². The number of allylic oxidation sites excluding steroid dienone is 1. The Morgan fingerprint density at radius 2 is 2.00 bits per heavy atom. The van der Waals surface area contributed by atoms with E-state index in [-0.39, 0.29) is 18.4 Å². The Hall–Kier alpha value is -4.62. The van der Waals surface area contributed by atoms with Crippen molar-refractivity contribution in [1.29, 1.82) is 0 Å². The van der Waals surface area contributed by atoms with E-state index in [1.54, 1.807) is 17.8 Å². The molecule has 4 aromatic rings. The average molecular weight is 606 g/mol. The molecule has 6 rings (SSSR count). The van der Waals surface area contributed by atoms with Gasteiger partial charge in [0, 0.05) is 50.1 Å². The van der Waals surface area contributed by atoms with Gasteiger partial charge in [0.15, 0.2) is 23.1 Å². The molecule has 0 aliphatic carbocycles. The molecule has 1 N–H and O–H groups in total. The zero-order valence-electron chi connectivity index (χ0n) is 25.0. The lowest BCUT2D eigenvalue weighted by atomic mass is 9.99. The maximum atomic E-state index is 13.5. The van der Waals surface area contributed by atoms with Crippen molar-refractivity contribution in [3.63, 3.8) is 0 Å². The molecule has 2 aliphatic rings. The van der Waals surface area contributed by atoms with Crippen molar-refractivity contribution in [2.45, 2.75) is 26.0 Å². The molecule has 1 fully saturated rings. The van der Waals surface area contributed by atoms with Gasteiger partial charge in [-0.15, -0.1) is 0 Å². The number of aldehydes is 1. The summed E-state index contributed by atoms with van der Waals surface area (Å²) in [6.07, 6.45) is 6.27. The van der Waals surface area contributed by atoms with Crippen molar-refractivity contribution >= 4 is 17.7 Å². The maximum absolute atomic E-state index is 13.5. The molecule has 12 nitrogen and oxygen atoms in total. The normalized spacial score (nSPS) is 15.8. The van der Waals surface area contributed by atoms with E-state index in [9.17, 15) is 14.3 Å². The second-order valence-corrected chi connectivity index (χ2v) is 10.8. The number of aliphatic hydroxyl groups excluding tert-OH is 1. The van der Waals surface area contributed by atoms with E-state index < -0.39 is 11.9 Å². The summed E-state index contributed by atoms with van der Waals surface area (Å²) in [6.45, 7) is 8.34. The van der Waals surface area contributed by atoms with E-state index in [4.69, 9.17) is 19.4 Å². The molecule has 1 atom stereocenters. The van der Waals surface area contributed by atoms with Crippen molar-refractivity contribution < 1.29 is 28.6 Å². The second kappa shape index (κ2) is 13.3. The van der Waals surface area contributed by atoms with Crippen LogP contribution in [0.15, 0.2) is 49.4 Å². The first kappa shape index (κ1) is 30.8. The smallest absolute Gasteiger partial charge is 0.228 e. The zero-order chi connectivity index (χ0) is 31.4. The number of likely N-dealkylation sites (tertiary alicyclic amines) is 1. The number of ether oxygens (including phenoxy) is 2. The van der Waals surface area contributed by atoms with Gasteiger partial charge in [-0.2, -0.15) is 10.2 Å². The summed E-state index contributed by atoms with van der Waals surface area (Å²) in [4.78, 5) is 30.2. The van der Waals surface area contributed by atoms with Crippen LogP contribution in [0, 0.1) is 18.7 Å². The number of fused-ring (bicyclic) bond motifs is 2. The third-order valence-corrected chi connectivity index (χ3v) is 7.89. The monoisotopic (exact) mass is 605 g/mol. The molecule has 13 heteroatoms. The summed E-state index contributed by atoms with van der Waals surface area (Å²) in [5.41, 5.74) is 4.67. The van der Waals surface area contributed by atoms with Crippen LogP contribution < -0.4 is 9.47 Å². The number of hydrogen-bond acceptors (Lipinski definition) is 9. The predicted molar refractivity (Wildman–Crippen MR) is 160 cm³/mol. The van der Waals surface area contributed by atoms with Gasteiger partial charge in [0.25, 0.3) is 0 Å². The Balaban J connectivity index is 0.000000906. The largest absolute Gasteiger partial charge is 0.493 e. The number of carbonyl (C=O) groups excluding carboxylic acids is 2. The number of nitrogens with zero attached hydrogens (tertiary/aromatic N) is 7. The van der Waals surface area contributed by atoms with Crippen molar-refractivity contribution in [2.75, 3.05) is 46.9 Å². The highest BCUT2D eigenvalue weighted by molar-refractivity contribution is 5.80. The molecule has 6 heterocycles. The second-order valence-electron chi connectivity index (χ2n) is 10.8. The van der Waals surface area contributed by atoms with Crippen LogP contribution in [0.5, 0.6) is 11.5 Å². The topological polar surface area (TPSA) is 127 Å². The Morgan fingerprint density at radius 1 is 1.23 bits per heavy atom. The minimum atomic E-state index is -0.835. The fourth-order valence-corrected chi connectivity index (χ4v) is 5.61. The Morgan fingerprint density at radius 3 is 2.64 bits per heavy atom. The fourth-order valence-electron chi connectivity index (χ4n) is 5.61. The Kier molecular flexibility index (Phi) is 9.35. The van der Waals surface area contributed by atoms with E-state index in [0.717, 1.165) is 48.2 Å². The Bertz CT molecular complexity index is 1640. The summed E-state index contributed by atoms with van der Waals surface area (Å²) in [5.74, 6) is 0.777. The number of rotatable bonds is 8. The summed E-state index contributed by atoms with van der Waals surface area (Å²) in [5, 5.41) is 19.5.